The topological polar surface area (TPSA) is 17.1 Å². The molecule has 0 aliphatic heterocycles. The molecule has 0 bridgehead atoms. The van der Waals surface area contributed by atoms with Crippen molar-refractivity contribution in [3.8, 4) is 0 Å². The van der Waals surface area contributed by atoms with Crippen molar-refractivity contribution < 1.29 is 4.79 Å². The molecule has 0 radical (unpaired) electrons. The van der Waals surface area contributed by atoms with Gasteiger partial charge in [-0.1, -0.05) is 55.9 Å². The summed E-state index contributed by atoms with van der Waals surface area (Å²) < 4.78 is 0. The number of allylic oxidation sites excluding steroid dienone is 9. The molecule has 1 aliphatic carbocycles. The van der Waals surface area contributed by atoms with E-state index in [-0.39, 0.29) is 5.41 Å². The van der Waals surface area contributed by atoms with Gasteiger partial charge in [0.15, 0.2) is 0 Å². The van der Waals surface area contributed by atoms with Gasteiger partial charge in [-0.2, -0.15) is 0 Å². The first-order chi connectivity index (χ1) is 9.86. The van der Waals surface area contributed by atoms with Crippen molar-refractivity contribution in [2.24, 2.45) is 5.41 Å². The third-order valence-electron chi connectivity index (χ3n) is 4.09. The first-order valence-corrected chi connectivity index (χ1v) is 7.71. The highest BCUT2D eigenvalue weighted by molar-refractivity contribution is 5.66. The predicted molar refractivity (Wildman–Crippen MR) is 92.2 cm³/mol. The van der Waals surface area contributed by atoms with Crippen LogP contribution in [0.1, 0.15) is 53.4 Å². The summed E-state index contributed by atoms with van der Waals surface area (Å²) in [6.07, 6.45) is 15.4. The van der Waals surface area contributed by atoms with Crippen molar-refractivity contribution in [1.29, 1.82) is 0 Å². The molecular weight excluding hydrogens is 256 g/mol. The molecule has 0 heterocycles. The van der Waals surface area contributed by atoms with Gasteiger partial charge in [-0.15, -0.1) is 0 Å². The second kappa shape index (κ2) is 7.97. The Kier molecular flexibility index (Phi) is 6.61. The monoisotopic (exact) mass is 284 g/mol. The van der Waals surface area contributed by atoms with Crippen LogP contribution >= 0.6 is 0 Å². The minimum Gasteiger partial charge on any atom is -0.299 e. The Hall–Kier alpha value is -1.63. The predicted octanol–water partition coefficient (Wildman–Crippen LogP) is 5.72. The van der Waals surface area contributed by atoms with Gasteiger partial charge >= 0.3 is 0 Å². The van der Waals surface area contributed by atoms with E-state index >= 15 is 0 Å². The van der Waals surface area contributed by atoms with E-state index in [9.17, 15) is 4.79 Å². The molecular formula is C20H28O. The van der Waals surface area contributed by atoms with Crippen LogP contribution in [0.15, 0.2) is 59.3 Å². The lowest BCUT2D eigenvalue weighted by Crippen LogP contribution is -2.20. The average Bonchev–Trinajstić information content (AvgIpc) is 2.37. The summed E-state index contributed by atoms with van der Waals surface area (Å²) in [6, 6.07) is 0. The summed E-state index contributed by atoms with van der Waals surface area (Å²) in [5.74, 6) is 0. The van der Waals surface area contributed by atoms with E-state index in [1.54, 1.807) is 6.08 Å². The van der Waals surface area contributed by atoms with Gasteiger partial charge in [0, 0.05) is 0 Å². The first kappa shape index (κ1) is 17.4. The summed E-state index contributed by atoms with van der Waals surface area (Å²) in [4.78, 5) is 10.3. The van der Waals surface area contributed by atoms with Crippen LogP contribution in [0.2, 0.25) is 0 Å². The molecule has 0 aromatic rings. The highest BCUT2D eigenvalue weighted by Crippen LogP contribution is 2.42. The van der Waals surface area contributed by atoms with E-state index in [1.165, 1.54) is 29.6 Å². The quantitative estimate of drug-likeness (QED) is 0.358. The fourth-order valence-corrected chi connectivity index (χ4v) is 2.77. The Balaban J connectivity index is 2.72. The summed E-state index contributed by atoms with van der Waals surface area (Å²) in [6.45, 7) is 12.9. The lowest BCUT2D eigenvalue weighted by atomic mass is 9.71. The molecule has 0 spiro atoms. The number of carbonyl (C=O) groups excluding carboxylic acids is 1. The maximum atomic E-state index is 10.3. The molecule has 1 heteroatoms. The second-order valence-electron chi connectivity index (χ2n) is 6.58. The van der Waals surface area contributed by atoms with Crippen LogP contribution in [0.5, 0.6) is 0 Å². The van der Waals surface area contributed by atoms with Crippen LogP contribution in [-0.4, -0.2) is 6.29 Å². The summed E-state index contributed by atoms with van der Waals surface area (Å²) in [7, 11) is 0. The molecule has 1 saturated carbocycles. The van der Waals surface area contributed by atoms with Crippen LogP contribution in [0.25, 0.3) is 0 Å². The highest BCUT2D eigenvalue weighted by Gasteiger charge is 2.28. The van der Waals surface area contributed by atoms with Gasteiger partial charge in [-0.25, -0.2) is 0 Å². The van der Waals surface area contributed by atoms with Gasteiger partial charge in [0.2, 0.25) is 0 Å². The van der Waals surface area contributed by atoms with E-state index in [4.69, 9.17) is 0 Å². The molecule has 1 aliphatic rings. The van der Waals surface area contributed by atoms with Gasteiger partial charge in [-0.05, 0) is 62.2 Å². The van der Waals surface area contributed by atoms with Crippen molar-refractivity contribution in [3.05, 3.63) is 59.3 Å². The van der Waals surface area contributed by atoms with Crippen LogP contribution in [0.3, 0.4) is 0 Å². The molecule has 1 fully saturated rings. The molecule has 0 aromatic carbocycles. The first-order valence-electron chi connectivity index (χ1n) is 7.71. The number of carbonyl (C=O) groups is 1. The molecule has 0 atom stereocenters. The Bertz CT molecular complexity index is 510. The van der Waals surface area contributed by atoms with E-state index in [2.05, 4.69) is 39.5 Å². The van der Waals surface area contributed by atoms with Crippen LogP contribution in [-0.2, 0) is 4.79 Å². The highest BCUT2D eigenvalue weighted by atomic mass is 16.1. The lowest BCUT2D eigenvalue weighted by Gasteiger charge is -2.34. The van der Waals surface area contributed by atoms with Gasteiger partial charge in [0.25, 0.3) is 0 Å². The molecule has 0 saturated heterocycles. The molecule has 1 nitrogen and oxygen atoms in total. The summed E-state index contributed by atoms with van der Waals surface area (Å²) in [5.41, 5.74) is 5.28. The Morgan fingerprint density at radius 3 is 2.62 bits per heavy atom. The van der Waals surface area contributed by atoms with Crippen molar-refractivity contribution in [1.82, 2.24) is 0 Å². The molecule has 0 N–H and O–H groups in total. The summed E-state index contributed by atoms with van der Waals surface area (Å²) in [5, 5.41) is 0. The zero-order valence-electron chi connectivity index (χ0n) is 13.9. The zero-order chi connectivity index (χ0) is 15.9. The lowest BCUT2D eigenvalue weighted by molar-refractivity contribution is -0.104. The fourth-order valence-electron chi connectivity index (χ4n) is 2.77. The van der Waals surface area contributed by atoms with Crippen LogP contribution in [0, 0.1) is 5.41 Å². The Morgan fingerprint density at radius 1 is 1.29 bits per heavy atom. The van der Waals surface area contributed by atoms with Crippen molar-refractivity contribution in [3.63, 3.8) is 0 Å². The van der Waals surface area contributed by atoms with E-state index in [0.29, 0.717) is 0 Å². The van der Waals surface area contributed by atoms with Crippen LogP contribution in [0.4, 0.5) is 0 Å². The number of hydrogen-bond acceptors (Lipinski definition) is 1. The van der Waals surface area contributed by atoms with Gasteiger partial charge < -0.3 is 0 Å². The summed E-state index contributed by atoms with van der Waals surface area (Å²) >= 11 is 0. The normalized spacial score (nSPS) is 22.1. The van der Waals surface area contributed by atoms with Crippen molar-refractivity contribution in [2.75, 3.05) is 0 Å². The minimum absolute atomic E-state index is 0.259. The molecule has 0 unspecified atom stereocenters. The number of aldehydes is 1. The van der Waals surface area contributed by atoms with Gasteiger partial charge in [0.1, 0.15) is 6.29 Å². The van der Waals surface area contributed by atoms with Crippen LogP contribution < -0.4 is 0 Å². The third-order valence-corrected chi connectivity index (χ3v) is 4.09. The fraction of sp³-hybridized carbons (Fsp3) is 0.450. The number of hydrogen-bond donors (Lipinski definition) is 0. The molecule has 0 aromatic heterocycles. The van der Waals surface area contributed by atoms with Crippen molar-refractivity contribution in [2.45, 2.75) is 53.4 Å². The van der Waals surface area contributed by atoms with Gasteiger partial charge in [-0.3, -0.25) is 4.79 Å². The largest absolute Gasteiger partial charge is 0.299 e. The third kappa shape index (κ3) is 5.71. The average molecular weight is 284 g/mol. The second-order valence-corrected chi connectivity index (χ2v) is 6.58. The zero-order valence-corrected chi connectivity index (χ0v) is 13.9. The maximum absolute atomic E-state index is 10.3. The minimum atomic E-state index is 0.259. The Labute approximate surface area is 129 Å². The molecule has 21 heavy (non-hydrogen) atoms. The smallest absolute Gasteiger partial charge is 0.143 e. The van der Waals surface area contributed by atoms with E-state index in [1.807, 2.05) is 19.1 Å². The Morgan fingerprint density at radius 2 is 2.00 bits per heavy atom. The van der Waals surface area contributed by atoms with Crippen molar-refractivity contribution >= 4 is 6.29 Å². The van der Waals surface area contributed by atoms with Gasteiger partial charge in [0.05, 0.1) is 0 Å². The van der Waals surface area contributed by atoms with E-state index < -0.39 is 0 Å². The molecule has 1 rings (SSSR count). The van der Waals surface area contributed by atoms with E-state index in [0.717, 1.165) is 24.7 Å². The standard InChI is InChI=1S/C20H28O/c1-16(8-6-9-17(2)13-15-21)11-12-19-18(3)10-7-14-20(19,4)5/h6,8-9,12-13,15H,3,7,10-11,14H2,1-2,4-5H3/b9-6-,16-8+,17-13+,19-12+. The maximum Gasteiger partial charge on any atom is 0.143 e. The SMILES string of the molecule is C=C1CCCC(C)(C)/C1=C/C/C(C)=C/C=C\C(C)=C\C=O. The number of rotatable bonds is 5. The molecule has 0 amide bonds. The molecule has 114 valence electrons.